The Labute approximate surface area is 111 Å². The van der Waals surface area contributed by atoms with Crippen molar-refractivity contribution >= 4 is 23.2 Å². The molecular weight excluding hydrogens is 246 g/mol. The minimum atomic E-state index is 0.0295. The van der Waals surface area contributed by atoms with Crippen molar-refractivity contribution in [3.8, 4) is 0 Å². The normalized spacial score (nSPS) is 10.1. The van der Waals surface area contributed by atoms with Crippen LogP contribution >= 0.6 is 11.6 Å². The maximum atomic E-state index is 6.21. The lowest BCUT2D eigenvalue weighted by atomic mass is 10.0. The van der Waals surface area contributed by atoms with Gasteiger partial charge in [-0.1, -0.05) is 48.0 Å². The van der Waals surface area contributed by atoms with Crippen LogP contribution in [0, 0.1) is 0 Å². The van der Waals surface area contributed by atoms with E-state index in [1.807, 2.05) is 30.3 Å². The molecule has 0 aliphatic rings. The molecule has 92 valence electrons. The Morgan fingerprint density at radius 1 is 1.06 bits per heavy atom. The summed E-state index contributed by atoms with van der Waals surface area (Å²) in [5, 5.41) is 0.668. The van der Waals surface area contributed by atoms with Gasteiger partial charge in [-0.2, -0.15) is 0 Å². The fraction of sp³-hybridized carbons (Fsp3) is 0.0714. The van der Waals surface area contributed by atoms with Crippen molar-refractivity contribution in [2.45, 2.75) is 6.42 Å². The summed E-state index contributed by atoms with van der Waals surface area (Å²) in [4.78, 5) is 3.96. The molecule has 0 amide bonds. The van der Waals surface area contributed by atoms with E-state index < -0.39 is 0 Å². The van der Waals surface area contributed by atoms with Crippen LogP contribution in [0.4, 0.5) is 5.69 Å². The van der Waals surface area contributed by atoms with Crippen LogP contribution < -0.4 is 11.5 Å². The van der Waals surface area contributed by atoms with Crippen molar-refractivity contribution in [3.63, 3.8) is 0 Å². The number of rotatable bonds is 3. The predicted molar refractivity (Wildman–Crippen MR) is 76.2 cm³/mol. The van der Waals surface area contributed by atoms with Gasteiger partial charge in [-0.3, -0.25) is 0 Å². The van der Waals surface area contributed by atoms with E-state index in [9.17, 15) is 0 Å². The number of nitrogens with two attached hydrogens (primary N) is 2. The van der Waals surface area contributed by atoms with Crippen LogP contribution in [-0.2, 0) is 6.42 Å². The van der Waals surface area contributed by atoms with Gasteiger partial charge in [0.05, 0.1) is 5.69 Å². The summed E-state index contributed by atoms with van der Waals surface area (Å²) in [6.45, 7) is 0. The Balaban J connectivity index is 2.23. The first kappa shape index (κ1) is 12.5. The van der Waals surface area contributed by atoms with Crippen molar-refractivity contribution in [2.24, 2.45) is 16.5 Å². The fourth-order valence-corrected chi connectivity index (χ4v) is 1.96. The standard InChI is InChI=1S/C14H14ClN3/c15-13-9-12(18-14(16)17)7-6-11(13)8-10-4-2-1-3-5-10/h1-7,9H,8H2,(H4,16,17,18). The van der Waals surface area contributed by atoms with E-state index in [2.05, 4.69) is 17.1 Å². The number of hydrogen-bond donors (Lipinski definition) is 2. The number of nitrogens with zero attached hydrogens (tertiary/aromatic N) is 1. The molecule has 2 rings (SSSR count). The molecule has 0 bridgehead atoms. The molecule has 0 atom stereocenters. The molecule has 0 fully saturated rings. The topological polar surface area (TPSA) is 64.4 Å². The lowest BCUT2D eigenvalue weighted by Gasteiger charge is -2.05. The molecule has 0 saturated carbocycles. The van der Waals surface area contributed by atoms with E-state index in [1.165, 1.54) is 5.56 Å². The zero-order valence-corrected chi connectivity index (χ0v) is 10.6. The molecule has 3 nitrogen and oxygen atoms in total. The van der Waals surface area contributed by atoms with E-state index >= 15 is 0 Å². The number of aliphatic imine (C=N–C) groups is 1. The molecular formula is C14H14ClN3. The Hall–Kier alpha value is -2.00. The van der Waals surface area contributed by atoms with Crippen molar-refractivity contribution in [2.75, 3.05) is 0 Å². The summed E-state index contributed by atoms with van der Waals surface area (Å²) >= 11 is 6.21. The molecule has 0 aromatic heterocycles. The van der Waals surface area contributed by atoms with E-state index in [0.29, 0.717) is 10.7 Å². The Morgan fingerprint density at radius 2 is 1.78 bits per heavy atom. The molecule has 2 aromatic carbocycles. The second kappa shape index (κ2) is 5.56. The molecule has 4 N–H and O–H groups in total. The number of hydrogen-bond acceptors (Lipinski definition) is 1. The van der Waals surface area contributed by atoms with Gasteiger partial charge in [0.25, 0.3) is 0 Å². The van der Waals surface area contributed by atoms with E-state index in [0.717, 1.165) is 12.0 Å². The van der Waals surface area contributed by atoms with Gasteiger partial charge < -0.3 is 11.5 Å². The maximum absolute atomic E-state index is 6.21. The Kier molecular flexibility index (Phi) is 3.85. The molecule has 2 aromatic rings. The third-order valence-corrected chi connectivity index (χ3v) is 2.88. The average Bonchev–Trinajstić information content (AvgIpc) is 2.33. The largest absolute Gasteiger partial charge is 0.370 e. The van der Waals surface area contributed by atoms with Crippen LogP contribution in [0.2, 0.25) is 5.02 Å². The monoisotopic (exact) mass is 259 g/mol. The molecule has 0 aliphatic heterocycles. The average molecular weight is 260 g/mol. The number of halogens is 1. The SMILES string of the molecule is NC(N)=Nc1ccc(Cc2ccccc2)c(Cl)c1. The molecule has 0 aliphatic carbocycles. The van der Waals surface area contributed by atoms with Gasteiger partial charge >= 0.3 is 0 Å². The smallest absolute Gasteiger partial charge is 0.191 e. The first-order valence-corrected chi connectivity index (χ1v) is 5.95. The quantitative estimate of drug-likeness (QED) is 0.658. The third-order valence-electron chi connectivity index (χ3n) is 2.53. The third kappa shape index (κ3) is 3.25. The van der Waals surface area contributed by atoms with Crippen LogP contribution in [0.25, 0.3) is 0 Å². The molecule has 0 saturated heterocycles. The highest BCUT2D eigenvalue weighted by Crippen LogP contribution is 2.24. The maximum Gasteiger partial charge on any atom is 0.191 e. The van der Waals surface area contributed by atoms with Crippen LogP contribution in [0.15, 0.2) is 53.5 Å². The van der Waals surface area contributed by atoms with Gasteiger partial charge in [-0.05, 0) is 29.7 Å². The minimum absolute atomic E-state index is 0.0295. The highest BCUT2D eigenvalue weighted by Gasteiger charge is 2.03. The van der Waals surface area contributed by atoms with Crippen LogP contribution in [0.5, 0.6) is 0 Å². The summed E-state index contributed by atoms with van der Waals surface area (Å²) in [6.07, 6.45) is 0.793. The second-order valence-corrected chi connectivity index (χ2v) is 4.38. The Morgan fingerprint density at radius 3 is 2.39 bits per heavy atom. The molecule has 18 heavy (non-hydrogen) atoms. The zero-order valence-electron chi connectivity index (χ0n) is 9.81. The zero-order chi connectivity index (χ0) is 13.0. The minimum Gasteiger partial charge on any atom is -0.370 e. The first-order chi connectivity index (χ1) is 8.65. The second-order valence-electron chi connectivity index (χ2n) is 3.97. The number of benzene rings is 2. The van der Waals surface area contributed by atoms with E-state index in [1.54, 1.807) is 6.07 Å². The molecule has 0 heterocycles. The Bertz CT molecular complexity index is 561. The van der Waals surface area contributed by atoms with E-state index in [4.69, 9.17) is 23.1 Å². The molecule has 0 spiro atoms. The van der Waals surface area contributed by atoms with Crippen LogP contribution in [0.1, 0.15) is 11.1 Å². The summed E-state index contributed by atoms with van der Waals surface area (Å²) in [7, 11) is 0. The van der Waals surface area contributed by atoms with E-state index in [-0.39, 0.29) is 5.96 Å². The highest BCUT2D eigenvalue weighted by molar-refractivity contribution is 6.31. The summed E-state index contributed by atoms with van der Waals surface area (Å²) < 4.78 is 0. The summed E-state index contributed by atoms with van der Waals surface area (Å²) in [6, 6.07) is 15.7. The van der Waals surface area contributed by atoms with Gasteiger partial charge in [-0.25, -0.2) is 4.99 Å². The molecule has 0 unspecified atom stereocenters. The van der Waals surface area contributed by atoms with Crippen LogP contribution in [-0.4, -0.2) is 5.96 Å². The highest BCUT2D eigenvalue weighted by atomic mass is 35.5. The lowest BCUT2D eigenvalue weighted by Crippen LogP contribution is -2.21. The first-order valence-electron chi connectivity index (χ1n) is 5.57. The predicted octanol–water partition coefficient (Wildman–Crippen LogP) is 2.84. The van der Waals surface area contributed by atoms with Gasteiger partial charge in [-0.15, -0.1) is 0 Å². The van der Waals surface area contributed by atoms with Gasteiger partial charge in [0.2, 0.25) is 0 Å². The van der Waals surface area contributed by atoms with Crippen molar-refractivity contribution in [3.05, 3.63) is 64.7 Å². The molecule has 4 heteroatoms. The van der Waals surface area contributed by atoms with Crippen molar-refractivity contribution in [1.82, 2.24) is 0 Å². The molecule has 0 radical (unpaired) electrons. The van der Waals surface area contributed by atoms with Crippen LogP contribution in [0.3, 0.4) is 0 Å². The summed E-state index contributed by atoms with van der Waals surface area (Å²) in [5.74, 6) is 0.0295. The van der Waals surface area contributed by atoms with Gasteiger partial charge in [0.1, 0.15) is 0 Å². The van der Waals surface area contributed by atoms with Crippen molar-refractivity contribution in [1.29, 1.82) is 0 Å². The van der Waals surface area contributed by atoms with Crippen molar-refractivity contribution < 1.29 is 0 Å². The number of guanidine groups is 1. The van der Waals surface area contributed by atoms with Gasteiger partial charge in [0.15, 0.2) is 5.96 Å². The van der Waals surface area contributed by atoms with Gasteiger partial charge in [0, 0.05) is 5.02 Å². The lowest BCUT2D eigenvalue weighted by molar-refractivity contribution is 1.19. The summed E-state index contributed by atoms with van der Waals surface area (Å²) in [5.41, 5.74) is 13.6. The fourth-order valence-electron chi connectivity index (χ4n) is 1.71.